The first-order valence-corrected chi connectivity index (χ1v) is 11.7. The number of ether oxygens (including phenoxy) is 3. The Morgan fingerprint density at radius 2 is 1.79 bits per heavy atom. The van der Waals surface area contributed by atoms with E-state index in [-0.39, 0.29) is 23.0 Å². The summed E-state index contributed by atoms with van der Waals surface area (Å²) in [6.45, 7) is 1.92. The standard InChI is InChI=1S/C24H22N2O7S/c1-16-7-10-18(11-8-16)34(28,29)33-21-12-9-17(13-22(21)30-2)14-25-26-24(27)23-15-31-19-5-3-4-6-20(19)32-23/h3-14,23H,15H2,1-2H3,(H,26,27)/b25-14+. The van der Waals surface area contributed by atoms with Crippen molar-refractivity contribution in [2.24, 2.45) is 5.10 Å². The van der Waals surface area contributed by atoms with E-state index in [0.717, 1.165) is 5.56 Å². The Bertz CT molecular complexity index is 1320. The van der Waals surface area contributed by atoms with Gasteiger partial charge in [-0.1, -0.05) is 29.8 Å². The van der Waals surface area contributed by atoms with E-state index in [0.29, 0.717) is 17.1 Å². The number of carbonyl (C=O) groups is 1. The molecule has 0 radical (unpaired) electrons. The van der Waals surface area contributed by atoms with E-state index in [2.05, 4.69) is 10.5 Å². The molecule has 4 rings (SSSR count). The van der Waals surface area contributed by atoms with Gasteiger partial charge in [0.25, 0.3) is 5.91 Å². The first-order chi connectivity index (χ1) is 16.4. The van der Waals surface area contributed by atoms with Crippen LogP contribution in [0.15, 0.2) is 76.7 Å². The van der Waals surface area contributed by atoms with Gasteiger partial charge in [0, 0.05) is 0 Å². The summed E-state index contributed by atoms with van der Waals surface area (Å²) in [6.07, 6.45) is 0.542. The molecule has 1 atom stereocenters. The summed E-state index contributed by atoms with van der Waals surface area (Å²) in [5.41, 5.74) is 3.88. The molecule has 0 aliphatic carbocycles. The van der Waals surface area contributed by atoms with Crippen LogP contribution in [-0.4, -0.2) is 40.4 Å². The van der Waals surface area contributed by atoms with E-state index in [1.807, 2.05) is 13.0 Å². The molecule has 1 aliphatic rings. The lowest BCUT2D eigenvalue weighted by Gasteiger charge is -2.24. The summed E-state index contributed by atoms with van der Waals surface area (Å²) in [6, 6.07) is 17.9. The third kappa shape index (κ3) is 5.29. The summed E-state index contributed by atoms with van der Waals surface area (Å²) in [5.74, 6) is 0.803. The number of methoxy groups -OCH3 is 1. The van der Waals surface area contributed by atoms with Crippen molar-refractivity contribution in [3.63, 3.8) is 0 Å². The smallest absolute Gasteiger partial charge is 0.339 e. The normalized spacial score (nSPS) is 15.1. The number of rotatable bonds is 7. The maximum absolute atomic E-state index is 12.6. The lowest BCUT2D eigenvalue weighted by atomic mass is 10.2. The maximum atomic E-state index is 12.6. The van der Waals surface area contributed by atoms with E-state index in [9.17, 15) is 13.2 Å². The Labute approximate surface area is 197 Å². The van der Waals surface area contributed by atoms with Gasteiger partial charge in [0.05, 0.1) is 13.3 Å². The van der Waals surface area contributed by atoms with Crippen LogP contribution < -0.4 is 23.8 Å². The fraction of sp³-hybridized carbons (Fsp3) is 0.167. The number of hydrogen-bond acceptors (Lipinski definition) is 8. The average molecular weight is 483 g/mol. The van der Waals surface area contributed by atoms with Gasteiger partial charge in [-0.2, -0.15) is 13.5 Å². The van der Waals surface area contributed by atoms with Crippen molar-refractivity contribution >= 4 is 22.2 Å². The number of hydrazone groups is 1. The number of fused-ring (bicyclic) bond motifs is 1. The van der Waals surface area contributed by atoms with Crippen molar-refractivity contribution in [2.45, 2.75) is 17.9 Å². The number of benzene rings is 3. The maximum Gasteiger partial charge on any atom is 0.339 e. The Hall–Kier alpha value is -4.05. The Morgan fingerprint density at radius 1 is 1.06 bits per heavy atom. The lowest BCUT2D eigenvalue weighted by Crippen LogP contribution is -2.42. The van der Waals surface area contributed by atoms with Gasteiger partial charge in [0.15, 0.2) is 23.0 Å². The molecule has 1 heterocycles. The molecule has 3 aromatic carbocycles. The molecule has 0 spiro atoms. The summed E-state index contributed by atoms with van der Waals surface area (Å²) in [7, 11) is -2.64. The molecule has 0 aromatic heterocycles. The van der Waals surface area contributed by atoms with Crippen LogP contribution in [-0.2, 0) is 14.9 Å². The van der Waals surface area contributed by atoms with E-state index < -0.39 is 22.1 Å². The summed E-state index contributed by atoms with van der Waals surface area (Å²) in [4.78, 5) is 12.4. The second kappa shape index (κ2) is 9.84. The molecular formula is C24H22N2O7S. The number of hydrogen-bond donors (Lipinski definition) is 1. The first-order valence-electron chi connectivity index (χ1n) is 10.3. The van der Waals surface area contributed by atoms with Gasteiger partial charge in [0.2, 0.25) is 6.10 Å². The first kappa shape index (κ1) is 23.1. The van der Waals surface area contributed by atoms with Crippen LogP contribution in [0.3, 0.4) is 0 Å². The predicted molar refractivity (Wildman–Crippen MR) is 124 cm³/mol. The van der Waals surface area contributed by atoms with E-state index in [1.54, 1.807) is 36.4 Å². The zero-order valence-corrected chi connectivity index (χ0v) is 19.2. The summed E-state index contributed by atoms with van der Waals surface area (Å²) in [5, 5.41) is 3.93. The molecule has 34 heavy (non-hydrogen) atoms. The minimum Gasteiger partial charge on any atom is -0.493 e. The van der Waals surface area contributed by atoms with Gasteiger partial charge in [-0.05, 0) is 55.0 Å². The Balaban J connectivity index is 1.40. The minimum absolute atomic E-state index is 0.0238. The van der Waals surface area contributed by atoms with Gasteiger partial charge in [-0.25, -0.2) is 5.43 Å². The van der Waals surface area contributed by atoms with Crippen LogP contribution in [0.25, 0.3) is 0 Å². The lowest BCUT2D eigenvalue weighted by molar-refractivity contribution is -0.130. The summed E-state index contributed by atoms with van der Waals surface area (Å²) >= 11 is 0. The molecule has 1 amide bonds. The largest absolute Gasteiger partial charge is 0.493 e. The average Bonchev–Trinajstić information content (AvgIpc) is 2.84. The fourth-order valence-corrected chi connectivity index (χ4v) is 4.04. The Morgan fingerprint density at radius 3 is 2.53 bits per heavy atom. The fourth-order valence-electron chi connectivity index (χ4n) is 3.10. The highest BCUT2D eigenvalue weighted by atomic mass is 32.2. The van der Waals surface area contributed by atoms with Crippen LogP contribution in [0.4, 0.5) is 0 Å². The minimum atomic E-state index is -4.03. The molecule has 10 heteroatoms. The molecule has 1 unspecified atom stereocenters. The van der Waals surface area contributed by atoms with Crippen LogP contribution in [0, 0.1) is 6.92 Å². The van der Waals surface area contributed by atoms with Gasteiger partial charge in [0.1, 0.15) is 11.5 Å². The monoisotopic (exact) mass is 482 g/mol. The molecule has 0 fully saturated rings. The van der Waals surface area contributed by atoms with Gasteiger partial charge in [-0.3, -0.25) is 4.79 Å². The van der Waals surface area contributed by atoms with Crippen molar-refractivity contribution in [1.29, 1.82) is 0 Å². The van der Waals surface area contributed by atoms with Crippen LogP contribution in [0.2, 0.25) is 0 Å². The SMILES string of the molecule is COc1cc(/C=N/NC(=O)C2COc3ccccc3O2)ccc1OS(=O)(=O)c1ccc(C)cc1. The van der Waals surface area contributed by atoms with Gasteiger partial charge < -0.3 is 18.4 Å². The van der Waals surface area contributed by atoms with Crippen LogP contribution >= 0.6 is 0 Å². The number of nitrogens with one attached hydrogen (secondary N) is 1. The van der Waals surface area contributed by atoms with E-state index in [4.69, 9.17) is 18.4 Å². The second-order valence-corrected chi connectivity index (χ2v) is 8.91. The molecule has 176 valence electrons. The van der Waals surface area contributed by atoms with Crippen LogP contribution in [0.5, 0.6) is 23.0 Å². The van der Waals surface area contributed by atoms with Crippen LogP contribution in [0.1, 0.15) is 11.1 Å². The van der Waals surface area contributed by atoms with E-state index in [1.165, 1.54) is 37.6 Å². The molecule has 9 nitrogen and oxygen atoms in total. The number of nitrogens with zero attached hydrogens (tertiary/aromatic N) is 1. The topological polar surface area (TPSA) is 113 Å². The van der Waals surface area contributed by atoms with Crippen molar-refractivity contribution in [1.82, 2.24) is 5.43 Å². The van der Waals surface area contributed by atoms with E-state index >= 15 is 0 Å². The number of carbonyl (C=O) groups excluding carboxylic acids is 1. The zero-order valence-electron chi connectivity index (χ0n) is 18.4. The molecular weight excluding hydrogens is 460 g/mol. The molecule has 1 aliphatic heterocycles. The predicted octanol–water partition coefficient (Wildman–Crippen LogP) is 3.06. The molecule has 0 saturated carbocycles. The molecule has 0 saturated heterocycles. The quantitative estimate of drug-likeness (QED) is 0.313. The van der Waals surface area contributed by atoms with Crippen molar-refractivity contribution in [3.05, 3.63) is 77.9 Å². The van der Waals surface area contributed by atoms with Gasteiger partial charge in [-0.15, -0.1) is 0 Å². The molecule has 1 N–H and O–H groups in total. The number of amides is 1. The molecule has 0 bridgehead atoms. The zero-order chi connectivity index (χ0) is 24.1. The highest BCUT2D eigenvalue weighted by molar-refractivity contribution is 7.87. The van der Waals surface area contributed by atoms with Crippen molar-refractivity contribution < 1.29 is 31.6 Å². The van der Waals surface area contributed by atoms with Gasteiger partial charge >= 0.3 is 10.1 Å². The number of aryl methyl sites for hydroxylation is 1. The third-order valence-electron chi connectivity index (χ3n) is 4.89. The van der Waals surface area contributed by atoms with Crippen molar-refractivity contribution in [2.75, 3.05) is 13.7 Å². The third-order valence-corrected chi connectivity index (χ3v) is 6.13. The number of para-hydroxylation sites is 2. The van der Waals surface area contributed by atoms with Crippen molar-refractivity contribution in [3.8, 4) is 23.0 Å². The second-order valence-electron chi connectivity index (χ2n) is 7.36. The highest BCUT2D eigenvalue weighted by Crippen LogP contribution is 2.31. The molecule has 3 aromatic rings. The summed E-state index contributed by atoms with van der Waals surface area (Å²) < 4.78 is 46.8. The Kier molecular flexibility index (Phi) is 6.69. The highest BCUT2D eigenvalue weighted by Gasteiger charge is 2.27.